The van der Waals surface area contributed by atoms with E-state index in [1.807, 2.05) is 26.0 Å². The molecule has 0 atom stereocenters. The third-order valence-corrected chi connectivity index (χ3v) is 3.22. The minimum Gasteiger partial charge on any atom is -0.454 e. The number of carbonyl (C=O) groups is 1. The van der Waals surface area contributed by atoms with Crippen molar-refractivity contribution in [3.05, 3.63) is 22.7 Å². The number of fused-ring (bicyclic) bond motifs is 1. The predicted molar refractivity (Wildman–Crippen MR) is 77.1 cm³/mol. The Balaban J connectivity index is 1.75. The summed E-state index contributed by atoms with van der Waals surface area (Å²) in [5, 5.41) is 6.65. The van der Waals surface area contributed by atoms with Crippen LogP contribution in [-0.4, -0.2) is 25.8 Å². The molecular weight excluding hydrogens is 280 g/mol. The van der Waals surface area contributed by atoms with Crippen LogP contribution in [0, 0.1) is 5.92 Å². The molecule has 20 heavy (non-hydrogen) atoms. The Morgan fingerprint density at radius 3 is 2.90 bits per heavy atom. The molecular formula is C14H19ClN2O3. The van der Waals surface area contributed by atoms with Gasteiger partial charge in [-0.2, -0.15) is 0 Å². The summed E-state index contributed by atoms with van der Waals surface area (Å²) in [6.45, 7) is 5.93. The number of amides is 1. The molecule has 1 amide bonds. The van der Waals surface area contributed by atoms with Gasteiger partial charge < -0.3 is 20.1 Å². The van der Waals surface area contributed by atoms with E-state index in [2.05, 4.69) is 10.6 Å². The zero-order valence-corrected chi connectivity index (χ0v) is 12.4. The molecule has 5 nitrogen and oxygen atoms in total. The molecule has 6 heteroatoms. The van der Waals surface area contributed by atoms with Crippen LogP contribution in [0.5, 0.6) is 11.5 Å². The van der Waals surface area contributed by atoms with Crippen molar-refractivity contribution in [2.75, 3.05) is 19.9 Å². The third kappa shape index (κ3) is 3.77. The molecule has 0 saturated carbocycles. The Kier molecular flexibility index (Phi) is 5.09. The predicted octanol–water partition coefficient (Wildman–Crippen LogP) is 1.93. The van der Waals surface area contributed by atoms with Gasteiger partial charge in [-0.3, -0.25) is 4.79 Å². The number of ether oxygens (including phenoxy) is 2. The molecule has 110 valence electrons. The van der Waals surface area contributed by atoms with Crippen LogP contribution in [0.25, 0.3) is 0 Å². The van der Waals surface area contributed by atoms with E-state index in [1.165, 1.54) is 0 Å². The quantitative estimate of drug-likeness (QED) is 0.788. The van der Waals surface area contributed by atoms with Gasteiger partial charge in [0.2, 0.25) is 12.7 Å². The number of nitrogens with one attached hydrogen (secondary N) is 2. The van der Waals surface area contributed by atoms with Crippen molar-refractivity contribution in [3.63, 3.8) is 0 Å². The fourth-order valence-electron chi connectivity index (χ4n) is 1.83. The van der Waals surface area contributed by atoms with Gasteiger partial charge in [-0.05, 0) is 17.7 Å². The Morgan fingerprint density at radius 1 is 1.35 bits per heavy atom. The Morgan fingerprint density at radius 2 is 2.15 bits per heavy atom. The lowest BCUT2D eigenvalue weighted by Crippen LogP contribution is -2.34. The summed E-state index contributed by atoms with van der Waals surface area (Å²) < 4.78 is 10.6. The molecule has 0 spiro atoms. The lowest BCUT2D eigenvalue weighted by atomic mass is 10.2. The van der Waals surface area contributed by atoms with Crippen LogP contribution >= 0.6 is 11.6 Å². The number of halogens is 1. The van der Waals surface area contributed by atoms with Crippen LogP contribution < -0.4 is 20.1 Å². The molecule has 0 saturated heterocycles. The average Bonchev–Trinajstić information content (AvgIpc) is 2.86. The first-order valence-electron chi connectivity index (χ1n) is 6.64. The molecule has 1 aromatic rings. The van der Waals surface area contributed by atoms with Crippen molar-refractivity contribution in [2.24, 2.45) is 5.92 Å². The molecule has 2 rings (SSSR count). The lowest BCUT2D eigenvalue weighted by molar-refractivity contribution is -0.123. The van der Waals surface area contributed by atoms with E-state index in [4.69, 9.17) is 21.1 Å². The topological polar surface area (TPSA) is 59.6 Å². The van der Waals surface area contributed by atoms with Crippen molar-refractivity contribution >= 4 is 17.5 Å². The summed E-state index contributed by atoms with van der Waals surface area (Å²) >= 11 is 6.10. The fraction of sp³-hybridized carbons (Fsp3) is 0.500. The van der Waals surface area contributed by atoms with Gasteiger partial charge in [0.25, 0.3) is 0 Å². The number of hydrogen-bond donors (Lipinski definition) is 2. The van der Waals surface area contributed by atoms with E-state index in [1.54, 1.807) is 0 Å². The van der Waals surface area contributed by atoms with Crippen molar-refractivity contribution in [1.29, 1.82) is 0 Å². The Bertz CT molecular complexity index is 492. The molecule has 0 aromatic heterocycles. The van der Waals surface area contributed by atoms with E-state index in [9.17, 15) is 4.79 Å². The maximum absolute atomic E-state index is 11.4. The largest absolute Gasteiger partial charge is 0.454 e. The molecule has 0 bridgehead atoms. The van der Waals surface area contributed by atoms with Crippen molar-refractivity contribution in [1.82, 2.24) is 10.6 Å². The van der Waals surface area contributed by atoms with Gasteiger partial charge in [-0.15, -0.1) is 0 Å². The maximum Gasteiger partial charge on any atom is 0.231 e. The number of benzene rings is 1. The Labute approximate surface area is 123 Å². The van der Waals surface area contributed by atoms with Gasteiger partial charge in [-0.25, -0.2) is 0 Å². The van der Waals surface area contributed by atoms with E-state index in [0.29, 0.717) is 36.2 Å². The smallest absolute Gasteiger partial charge is 0.231 e. The standard InChI is InChI=1S/C14H19ClN2O3/c1-9(2)14(18)17-4-3-16-7-10-5-11(15)13-12(6-10)19-8-20-13/h5-6,9,16H,3-4,7-8H2,1-2H3,(H,17,18). The first-order chi connectivity index (χ1) is 9.58. The lowest BCUT2D eigenvalue weighted by Gasteiger charge is -2.09. The van der Waals surface area contributed by atoms with Gasteiger partial charge in [0, 0.05) is 25.6 Å². The molecule has 0 radical (unpaired) electrons. The fourth-order valence-corrected chi connectivity index (χ4v) is 2.12. The van der Waals surface area contributed by atoms with E-state index in [-0.39, 0.29) is 18.6 Å². The Hall–Kier alpha value is -1.46. The molecule has 2 N–H and O–H groups in total. The van der Waals surface area contributed by atoms with Crippen molar-refractivity contribution < 1.29 is 14.3 Å². The van der Waals surface area contributed by atoms with Crippen LogP contribution in [0.1, 0.15) is 19.4 Å². The second-order valence-corrected chi connectivity index (χ2v) is 5.34. The average molecular weight is 299 g/mol. The summed E-state index contributed by atoms with van der Waals surface area (Å²) in [6.07, 6.45) is 0. The second-order valence-electron chi connectivity index (χ2n) is 4.93. The van der Waals surface area contributed by atoms with E-state index in [0.717, 1.165) is 5.56 Å². The summed E-state index contributed by atoms with van der Waals surface area (Å²) in [7, 11) is 0. The number of rotatable bonds is 6. The monoisotopic (exact) mass is 298 g/mol. The first kappa shape index (κ1) is 14.9. The van der Waals surface area contributed by atoms with Gasteiger partial charge in [-0.1, -0.05) is 25.4 Å². The molecule has 1 aromatic carbocycles. The molecule has 0 fully saturated rings. The second kappa shape index (κ2) is 6.81. The minimum atomic E-state index is 0.0164. The van der Waals surface area contributed by atoms with Crippen LogP contribution in [0.3, 0.4) is 0 Å². The van der Waals surface area contributed by atoms with E-state index >= 15 is 0 Å². The highest BCUT2D eigenvalue weighted by Crippen LogP contribution is 2.39. The van der Waals surface area contributed by atoms with Crippen LogP contribution in [0.2, 0.25) is 5.02 Å². The summed E-state index contributed by atoms with van der Waals surface area (Å²) in [5.41, 5.74) is 1.02. The molecule has 1 aliphatic rings. The third-order valence-electron chi connectivity index (χ3n) is 2.94. The van der Waals surface area contributed by atoms with Gasteiger partial charge in [0.1, 0.15) is 0 Å². The van der Waals surface area contributed by atoms with Crippen molar-refractivity contribution in [3.8, 4) is 11.5 Å². The zero-order valence-electron chi connectivity index (χ0n) is 11.7. The van der Waals surface area contributed by atoms with Gasteiger partial charge >= 0.3 is 0 Å². The summed E-state index contributed by atoms with van der Waals surface area (Å²) in [5.74, 6) is 1.38. The molecule has 1 aliphatic heterocycles. The highest BCUT2D eigenvalue weighted by Gasteiger charge is 2.17. The van der Waals surface area contributed by atoms with Crippen molar-refractivity contribution in [2.45, 2.75) is 20.4 Å². The molecule has 0 unspecified atom stereocenters. The number of hydrogen-bond acceptors (Lipinski definition) is 4. The molecule has 1 heterocycles. The van der Waals surface area contributed by atoms with Gasteiger partial charge in [0.15, 0.2) is 11.5 Å². The van der Waals surface area contributed by atoms with Crippen LogP contribution in [0.15, 0.2) is 12.1 Å². The molecule has 0 aliphatic carbocycles. The number of carbonyl (C=O) groups excluding carboxylic acids is 1. The van der Waals surface area contributed by atoms with E-state index < -0.39 is 0 Å². The maximum atomic E-state index is 11.4. The normalized spacial score (nSPS) is 12.8. The SMILES string of the molecule is CC(C)C(=O)NCCNCc1cc(Cl)c2c(c1)OCO2. The zero-order chi connectivity index (χ0) is 14.5. The minimum absolute atomic E-state index is 0.0164. The highest BCUT2D eigenvalue weighted by atomic mass is 35.5. The van der Waals surface area contributed by atoms with Crippen LogP contribution in [0.4, 0.5) is 0 Å². The first-order valence-corrected chi connectivity index (χ1v) is 7.02. The summed E-state index contributed by atoms with van der Waals surface area (Å²) in [4.78, 5) is 11.4. The van der Waals surface area contributed by atoms with Crippen LogP contribution in [-0.2, 0) is 11.3 Å². The highest BCUT2D eigenvalue weighted by molar-refractivity contribution is 6.32. The van der Waals surface area contributed by atoms with Gasteiger partial charge in [0.05, 0.1) is 5.02 Å². The summed E-state index contributed by atoms with van der Waals surface area (Å²) in [6, 6.07) is 3.77.